The largest absolute Gasteiger partial charge is 0.369 e. The predicted octanol–water partition coefficient (Wildman–Crippen LogP) is 2.48. The first-order valence-corrected chi connectivity index (χ1v) is 9.13. The van der Waals surface area contributed by atoms with Gasteiger partial charge in [-0.05, 0) is 43.8 Å². The van der Waals surface area contributed by atoms with Gasteiger partial charge in [0.05, 0.1) is 0 Å². The number of sulfonamides is 1. The zero-order chi connectivity index (χ0) is 15.3. The molecule has 0 aliphatic carbocycles. The molecule has 2 aromatic rings. The van der Waals surface area contributed by atoms with Crippen LogP contribution in [0.2, 0.25) is 0 Å². The van der Waals surface area contributed by atoms with E-state index < -0.39 is 10.0 Å². The Morgan fingerprint density at radius 3 is 2.81 bits per heavy atom. The third-order valence-corrected chi connectivity index (χ3v) is 5.37. The normalized spacial score (nSPS) is 13.0. The van der Waals surface area contributed by atoms with Gasteiger partial charge < -0.3 is 5.32 Å². The molecule has 0 aromatic carbocycles. The molecule has 0 aliphatic rings. The summed E-state index contributed by atoms with van der Waals surface area (Å²) in [6.07, 6.45) is 2.25. The van der Waals surface area contributed by atoms with E-state index in [1.807, 2.05) is 31.4 Å². The maximum atomic E-state index is 12.5. The summed E-state index contributed by atoms with van der Waals surface area (Å²) in [6.45, 7) is 4.38. The Hall–Kier alpha value is -1.44. The fraction of sp³-hybridized carbons (Fsp3) is 0.357. The molecule has 5 nitrogen and oxygen atoms in total. The molecule has 7 heteroatoms. The summed E-state index contributed by atoms with van der Waals surface area (Å²) in [5.74, 6) is 0.385. The number of hydrogen-bond donors (Lipinski definition) is 2. The fourth-order valence-electron chi connectivity index (χ4n) is 2.01. The maximum absolute atomic E-state index is 12.5. The Bertz CT molecular complexity index is 669. The van der Waals surface area contributed by atoms with Crippen LogP contribution in [-0.4, -0.2) is 26.0 Å². The van der Waals surface area contributed by atoms with Crippen LogP contribution in [0, 0.1) is 0 Å². The van der Waals surface area contributed by atoms with Crippen molar-refractivity contribution in [3.63, 3.8) is 0 Å². The lowest BCUT2D eigenvalue weighted by Gasteiger charge is -2.15. The average molecular weight is 325 g/mol. The van der Waals surface area contributed by atoms with Crippen molar-refractivity contribution >= 4 is 27.2 Å². The second-order valence-corrected chi connectivity index (χ2v) is 7.40. The van der Waals surface area contributed by atoms with E-state index in [0.717, 1.165) is 4.88 Å². The third-order valence-electron chi connectivity index (χ3n) is 2.85. The van der Waals surface area contributed by atoms with Crippen molar-refractivity contribution in [2.24, 2.45) is 0 Å². The number of nitrogens with zero attached hydrogens (tertiary/aromatic N) is 1. The van der Waals surface area contributed by atoms with E-state index in [-0.39, 0.29) is 10.9 Å². The molecule has 2 aromatic heterocycles. The van der Waals surface area contributed by atoms with Crippen LogP contribution in [-0.2, 0) is 16.4 Å². The summed E-state index contributed by atoms with van der Waals surface area (Å²) in [5, 5.41) is 4.96. The molecule has 0 amide bonds. The van der Waals surface area contributed by atoms with Crippen molar-refractivity contribution in [1.29, 1.82) is 0 Å². The molecule has 0 saturated carbocycles. The van der Waals surface area contributed by atoms with Gasteiger partial charge in [0, 0.05) is 23.7 Å². The zero-order valence-electron chi connectivity index (χ0n) is 12.0. The van der Waals surface area contributed by atoms with Crippen molar-refractivity contribution in [1.82, 2.24) is 9.71 Å². The molecule has 114 valence electrons. The van der Waals surface area contributed by atoms with Crippen LogP contribution in [0.15, 0.2) is 40.7 Å². The average Bonchev–Trinajstić information content (AvgIpc) is 2.91. The Morgan fingerprint density at radius 1 is 1.33 bits per heavy atom. The Labute approximate surface area is 129 Å². The number of aromatic nitrogens is 1. The number of rotatable bonds is 7. The molecule has 0 aliphatic heterocycles. The molecule has 0 bridgehead atoms. The molecular weight excluding hydrogens is 306 g/mol. The summed E-state index contributed by atoms with van der Waals surface area (Å²) in [6, 6.07) is 6.98. The van der Waals surface area contributed by atoms with Crippen LogP contribution >= 0.6 is 11.3 Å². The van der Waals surface area contributed by atoms with Crippen molar-refractivity contribution < 1.29 is 8.42 Å². The van der Waals surface area contributed by atoms with Gasteiger partial charge in [-0.3, -0.25) is 0 Å². The van der Waals surface area contributed by atoms with E-state index >= 15 is 0 Å². The van der Waals surface area contributed by atoms with Crippen molar-refractivity contribution in [3.05, 3.63) is 40.7 Å². The van der Waals surface area contributed by atoms with Crippen molar-refractivity contribution in [2.45, 2.75) is 31.2 Å². The van der Waals surface area contributed by atoms with Gasteiger partial charge in [0.1, 0.15) is 10.7 Å². The third kappa shape index (κ3) is 4.26. The van der Waals surface area contributed by atoms with Gasteiger partial charge in [0.25, 0.3) is 0 Å². The van der Waals surface area contributed by atoms with Crippen LogP contribution in [0.5, 0.6) is 0 Å². The molecule has 2 rings (SSSR count). The number of nitrogens with one attached hydrogen (secondary N) is 2. The molecule has 0 fully saturated rings. The minimum absolute atomic E-state index is 0.177. The summed E-state index contributed by atoms with van der Waals surface area (Å²) < 4.78 is 27.7. The SMILES string of the molecule is CCNc1ncccc1S(=O)(=O)NC(C)Cc1cccs1. The maximum Gasteiger partial charge on any atom is 0.244 e. The highest BCUT2D eigenvalue weighted by Crippen LogP contribution is 2.19. The first-order valence-electron chi connectivity index (χ1n) is 6.76. The molecule has 0 radical (unpaired) electrons. The standard InChI is InChI=1S/C14H19N3O2S2/c1-3-15-14-13(7-4-8-16-14)21(18,19)17-11(2)10-12-6-5-9-20-12/h4-9,11,17H,3,10H2,1-2H3,(H,15,16). The van der Waals surface area contributed by atoms with Crippen LogP contribution in [0.25, 0.3) is 0 Å². The smallest absolute Gasteiger partial charge is 0.244 e. The van der Waals surface area contributed by atoms with Gasteiger partial charge in [-0.2, -0.15) is 0 Å². The van der Waals surface area contributed by atoms with Gasteiger partial charge in [0.15, 0.2) is 0 Å². The van der Waals surface area contributed by atoms with E-state index in [2.05, 4.69) is 15.0 Å². The number of hydrogen-bond acceptors (Lipinski definition) is 5. The van der Waals surface area contributed by atoms with Gasteiger partial charge >= 0.3 is 0 Å². The molecule has 0 saturated heterocycles. The summed E-state index contributed by atoms with van der Waals surface area (Å²) in [4.78, 5) is 5.43. The van der Waals surface area contributed by atoms with E-state index in [0.29, 0.717) is 18.8 Å². The molecule has 21 heavy (non-hydrogen) atoms. The van der Waals surface area contributed by atoms with Crippen LogP contribution in [0.1, 0.15) is 18.7 Å². The van der Waals surface area contributed by atoms with Crippen LogP contribution in [0.3, 0.4) is 0 Å². The first kappa shape index (κ1) is 15.9. The molecule has 2 heterocycles. The Morgan fingerprint density at radius 2 is 2.14 bits per heavy atom. The Kier molecular flexibility index (Phi) is 5.33. The molecule has 2 N–H and O–H groups in total. The minimum atomic E-state index is -3.59. The van der Waals surface area contributed by atoms with E-state index in [4.69, 9.17) is 0 Å². The number of pyridine rings is 1. The summed E-state index contributed by atoms with van der Waals surface area (Å²) in [7, 11) is -3.59. The minimum Gasteiger partial charge on any atom is -0.369 e. The zero-order valence-corrected chi connectivity index (χ0v) is 13.7. The molecule has 1 atom stereocenters. The highest BCUT2D eigenvalue weighted by atomic mass is 32.2. The van der Waals surface area contributed by atoms with Gasteiger partial charge in [-0.15, -0.1) is 11.3 Å². The van der Waals surface area contributed by atoms with Crippen molar-refractivity contribution in [3.8, 4) is 0 Å². The second kappa shape index (κ2) is 7.02. The second-order valence-electron chi connectivity index (χ2n) is 4.69. The first-order chi connectivity index (χ1) is 10.0. The fourth-order valence-corrected chi connectivity index (χ4v) is 4.22. The number of anilines is 1. The summed E-state index contributed by atoms with van der Waals surface area (Å²) >= 11 is 1.62. The van der Waals surface area contributed by atoms with Crippen LogP contribution < -0.4 is 10.0 Å². The van der Waals surface area contributed by atoms with Gasteiger partial charge in [-0.25, -0.2) is 18.1 Å². The van der Waals surface area contributed by atoms with Crippen molar-refractivity contribution in [2.75, 3.05) is 11.9 Å². The molecule has 0 spiro atoms. The van der Waals surface area contributed by atoms with E-state index in [1.165, 1.54) is 0 Å². The monoisotopic (exact) mass is 325 g/mol. The van der Waals surface area contributed by atoms with Gasteiger partial charge in [-0.1, -0.05) is 6.07 Å². The van der Waals surface area contributed by atoms with Gasteiger partial charge in [0.2, 0.25) is 10.0 Å². The van der Waals surface area contributed by atoms with Crippen LogP contribution in [0.4, 0.5) is 5.82 Å². The Balaban J connectivity index is 2.14. The molecule has 1 unspecified atom stereocenters. The highest BCUT2D eigenvalue weighted by molar-refractivity contribution is 7.89. The topological polar surface area (TPSA) is 71.1 Å². The van der Waals surface area contributed by atoms with E-state index in [9.17, 15) is 8.42 Å². The predicted molar refractivity (Wildman–Crippen MR) is 86.2 cm³/mol. The highest BCUT2D eigenvalue weighted by Gasteiger charge is 2.21. The lowest BCUT2D eigenvalue weighted by molar-refractivity contribution is 0.560. The lowest BCUT2D eigenvalue weighted by Crippen LogP contribution is -2.34. The summed E-state index contributed by atoms with van der Waals surface area (Å²) in [5.41, 5.74) is 0. The quantitative estimate of drug-likeness (QED) is 0.820. The molecular formula is C14H19N3O2S2. The lowest BCUT2D eigenvalue weighted by atomic mass is 10.2. The van der Waals surface area contributed by atoms with E-state index in [1.54, 1.807) is 29.7 Å². The number of thiophene rings is 1.